The summed E-state index contributed by atoms with van der Waals surface area (Å²) in [6.45, 7) is 1.48. The van der Waals surface area contributed by atoms with Crippen molar-refractivity contribution in [2.24, 2.45) is 11.5 Å². The first-order chi connectivity index (χ1) is 8.82. The molecule has 104 valence electrons. The van der Waals surface area contributed by atoms with Gasteiger partial charge in [0, 0.05) is 6.42 Å². The Hall–Kier alpha value is -2.02. The molecule has 0 atom stereocenters. The van der Waals surface area contributed by atoms with Crippen molar-refractivity contribution in [1.82, 2.24) is 0 Å². The van der Waals surface area contributed by atoms with E-state index in [1.165, 1.54) is 19.1 Å². The van der Waals surface area contributed by atoms with E-state index >= 15 is 0 Å². The predicted molar refractivity (Wildman–Crippen MR) is 64.7 cm³/mol. The van der Waals surface area contributed by atoms with Crippen LogP contribution in [0.4, 0.5) is 14.0 Å². The SMILES string of the molecule is CCC(OC(N)=O)(OC(N)=O)c1c(F)cccc1Cl. The summed E-state index contributed by atoms with van der Waals surface area (Å²) in [7, 11) is 0. The molecule has 6 nitrogen and oxygen atoms in total. The number of benzene rings is 1. The van der Waals surface area contributed by atoms with Crippen molar-refractivity contribution >= 4 is 23.8 Å². The van der Waals surface area contributed by atoms with Crippen molar-refractivity contribution in [2.75, 3.05) is 0 Å². The van der Waals surface area contributed by atoms with E-state index in [0.717, 1.165) is 6.07 Å². The Balaban J connectivity index is 3.44. The number of hydrogen-bond donors (Lipinski definition) is 2. The number of hydrogen-bond acceptors (Lipinski definition) is 4. The second kappa shape index (κ2) is 5.75. The average molecular weight is 291 g/mol. The molecule has 0 radical (unpaired) electrons. The average Bonchev–Trinajstić information content (AvgIpc) is 2.26. The van der Waals surface area contributed by atoms with E-state index in [1.807, 2.05) is 0 Å². The third kappa shape index (κ3) is 3.25. The monoisotopic (exact) mass is 290 g/mol. The number of amides is 2. The highest BCUT2D eigenvalue weighted by molar-refractivity contribution is 6.31. The van der Waals surface area contributed by atoms with Crippen molar-refractivity contribution in [3.63, 3.8) is 0 Å². The van der Waals surface area contributed by atoms with Gasteiger partial charge in [-0.05, 0) is 12.1 Å². The largest absolute Gasteiger partial charge is 0.408 e. The third-order valence-electron chi connectivity index (χ3n) is 2.34. The summed E-state index contributed by atoms with van der Waals surface area (Å²) in [5.41, 5.74) is 9.49. The second-order valence-electron chi connectivity index (χ2n) is 3.55. The van der Waals surface area contributed by atoms with Crippen LogP contribution in [0.5, 0.6) is 0 Å². The van der Waals surface area contributed by atoms with E-state index in [-0.39, 0.29) is 17.0 Å². The fourth-order valence-corrected chi connectivity index (χ4v) is 1.94. The van der Waals surface area contributed by atoms with Crippen LogP contribution < -0.4 is 11.5 Å². The smallest absolute Gasteiger partial charge is 0.402 e. The van der Waals surface area contributed by atoms with Crippen molar-refractivity contribution in [3.05, 3.63) is 34.6 Å². The molecule has 0 aliphatic heterocycles. The molecule has 0 unspecified atom stereocenters. The van der Waals surface area contributed by atoms with Crippen molar-refractivity contribution in [1.29, 1.82) is 0 Å². The van der Waals surface area contributed by atoms with Gasteiger partial charge in [-0.15, -0.1) is 0 Å². The molecule has 0 fully saturated rings. The number of nitrogens with two attached hydrogens (primary N) is 2. The van der Waals surface area contributed by atoms with E-state index in [2.05, 4.69) is 0 Å². The van der Waals surface area contributed by atoms with Gasteiger partial charge in [0.25, 0.3) is 5.79 Å². The number of halogens is 2. The van der Waals surface area contributed by atoms with Crippen LogP contribution >= 0.6 is 11.6 Å². The predicted octanol–water partition coefficient (Wildman–Crippen LogP) is 2.23. The molecule has 4 N–H and O–H groups in total. The van der Waals surface area contributed by atoms with Gasteiger partial charge < -0.3 is 20.9 Å². The summed E-state index contributed by atoms with van der Waals surface area (Å²) in [4.78, 5) is 21.9. The zero-order chi connectivity index (χ0) is 14.6. The van der Waals surface area contributed by atoms with E-state index in [1.54, 1.807) is 0 Å². The summed E-state index contributed by atoms with van der Waals surface area (Å²) in [6, 6.07) is 3.76. The highest BCUT2D eigenvalue weighted by atomic mass is 35.5. The fourth-order valence-electron chi connectivity index (χ4n) is 1.63. The van der Waals surface area contributed by atoms with Gasteiger partial charge in [0.1, 0.15) is 5.82 Å². The molecule has 0 aliphatic carbocycles. The summed E-state index contributed by atoms with van der Waals surface area (Å²) in [5, 5.41) is -0.0932. The van der Waals surface area contributed by atoms with Gasteiger partial charge in [0.2, 0.25) is 0 Å². The lowest BCUT2D eigenvalue weighted by atomic mass is 10.0. The molecule has 1 aromatic rings. The maximum atomic E-state index is 13.9. The molecular formula is C11H12ClFN2O4. The van der Waals surface area contributed by atoms with Gasteiger partial charge in [-0.2, -0.15) is 0 Å². The maximum absolute atomic E-state index is 13.9. The quantitative estimate of drug-likeness (QED) is 0.829. The summed E-state index contributed by atoms with van der Waals surface area (Å²) >= 11 is 5.86. The van der Waals surface area contributed by atoms with Crippen LogP contribution in [0.25, 0.3) is 0 Å². The number of carbonyl (C=O) groups is 2. The van der Waals surface area contributed by atoms with E-state index < -0.39 is 23.8 Å². The Morgan fingerprint density at radius 3 is 2.21 bits per heavy atom. The molecule has 0 saturated carbocycles. The lowest BCUT2D eigenvalue weighted by Crippen LogP contribution is -2.41. The van der Waals surface area contributed by atoms with E-state index in [9.17, 15) is 14.0 Å². The topological polar surface area (TPSA) is 105 Å². The number of primary amides is 2. The molecular weight excluding hydrogens is 279 g/mol. The Morgan fingerprint density at radius 2 is 1.84 bits per heavy atom. The first-order valence-electron chi connectivity index (χ1n) is 5.23. The van der Waals surface area contributed by atoms with Crippen LogP contribution in [0.15, 0.2) is 18.2 Å². The molecule has 1 aromatic carbocycles. The van der Waals surface area contributed by atoms with Crippen molar-refractivity contribution in [2.45, 2.75) is 19.1 Å². The van der Waals surface area contributed by atoms with Gasteiger partial charge in [-0.1, -0.05) is 24.6 Å². The number of ether oxygens (including phenoxy) is 2. The van der Waals surface area contributed by atoms with Crippen LogP contribution in [0, 0.1) is 5.82 Å². The summed E-state index contributed by atoms with van der Waals surface area (Å²) in [5.74, 6) is -2.92. The van der Waals surface area contributed by atoms with E-state index in [4.69, 9.17) is 32.5 Å². The highest BCUT2D eigenvalue weighted by Gasteiger charge is 2.42. The van der Waals surface area contributed by atoms with Crippen LogP contribution in [0.2, 0.25) is 5.02 Å². The third-order valence-corrected chi connectivity index (χ3v) is 2.66. The summed E-state index contributed by atoms with van der Waals surface area (Å²) < 4.78 is 23.4. The van der Waals surface area contributed by atoms with Gasteiger partial charge >= 0.3 is 12.2 Å². The standard InChI is InChI=1S/C11H12ClFN2O4/c1-2-11(18-9(14)16,19-10(15)17)8-6(12)4-3-5-7(8)13/h3-5H,2H2,1H3,(H2,14,16)(H2,15,17). The number of carbonyl (C=O) groups excluding carboxylic acids is 2. The van der Waals surface area contributed by atoms with Crippen LogP contribution in [0.1, 0.15) is 18.9 Å². The molecule has 19 heavy (non-hydrogen) atoms. The Labute approximate surface area is 113 Å². The fraction of sp³-hybridized carbons (Fsp3) is 0.273. The lowest BCUT2D eigenvalue weighted by molar-refractivity contribution is -0.170. The first kappa shape index (κ1) is 15.0. The Bertz CT molecular complexity index is 473. The van der Waals surface area contributed by atoms with Crippen LogP contribution in [0.3, 0.4) is 0 Å². The van der Waals surface area contributed by atoms with Crippen LogP contribution in [-0.2, 0) is 15.3 Å². The zero-order valence-corrected chi connectivity index (χ0v) is 10.7. The van der Waals surface area contributed by atoms with Crippen LogP contribution in [-0.4, -0.2) is 12.2 Å². The van der Waals surface area contributed by atoms with Crippen molar-refractivity contribution in [3.8, 4) is 0 Å². The minimum absolute atomic E-state index is 0.0932. The molecule has 0 aliphatic rings. The molecule has 8 heteroatoms. The molecule has 1 rings (SSSR count). The molecule has 0 bridgehead atoms. The van der Waals surface area contributed by atoms with Gasteiger partial charge in [0.05, 0.1) is 10.6 Å². The highest BCUT2D eigenvalue weighted by Crippen LogP contribution is 2.37. The molecule has 2 amide bonds. The first-order valence-corrected chi connectivity index (χ1v) is 5.61. The van der Waals surface area contributed by atoms with Crippen molar-refractivity contribution < 1.29 is 23.5 Å². The number of rotatable bonds is 4. The summed E-state index contributed by atoms with van der Waals surface area (Å²) in [6.07, 6.45) is -2.65. The Kier molecular flexibility index (Phi) is 4.55. The zero-order valence-electron chi connectivity index (χ0n) is 9.98. The lowest BCUT2D eigenvalue weighted by Gasteiger charge is -2.31. The normalized spacial score (nSPS) is 10.9. The second-order valence-corrected chi connectivity index (χ2v) is 3.95. The van der Waals surface area contributed by atoms with E-state index in [0.29, 0.717) is 0 Å². The van der Waals surface area contributed by atoms with Gasteiger partial charge in [-0.25, -0.2) is 14.0 Å². The molecule has 0 heterocycles. The van der Waals surface area contributed by atoms with Gasteiger partial charge in [-0.3, -0.25) is 0 Å². The Morgan fingerprint density at radius 1 is 1.32 bits per heavy atom. The molecule has 0 saturated heterocycles. The maximum Gasteiger partial charge on any atom is 0.408 e. The minimum atomic E-state index is -2.10. The van der Waals surface area contributed by atoms with Gasteiger partial charge in [0.15, 0.2) is 0 Å². The minimum Gasteiger partial charge on any atom is -0.402 e. The molecule has 0 aromatic heterocycles. The molecule has 0 spiro atoms.